The lowest BCUT2D eigenvalue weighted by Crippen LogP contribution is -2.02. The Labute approximate surface area is 103 Å². The number of nitrogens with zero attached hydrogens (tertiary/aromatic N) is 2. The molecule has 1 aromatic carbocycles. The first-order chi connectivity index (χ1) is 8.25. The average Bonchev–Trinajstić information content (AvgIpc) is 2.65. The van der Waals surface area contributed by atoms with Gasteiger partial charge in [-0.15, -0.1) is 0 Å². The molecule has 0 saturated carbocycles. The summed E-state index contributed by atoms with van der Waals surface area (Å²) in [5.74, 6) is 0. The van der Waals surface area contributed by atoms with E-state index >= 15 is 0 Å². The fourth-order valence-electron chi connectivity index (χ4n) is 2.14. The summed E-state index contributed by atoms with van der Waals surface area (Å²) in [6, 6.07) is 12.8. The number of rotatable bonds is 5. The molecule has 0 aliphatic heterocycles. The van der Waals surface area contributed by atoms with Crippen LogP contribution >= 0.6 is 0 Å². The Hall–Kier alpha value is -1.57. The fraction of sp³-hybridized carbons (Fsp3) is 0.400. The van der Waals surface area contributed by atoms with Crippen LogP contribution in [0.2, 0.25) is 0 Å². The summed E-state index contributed by atoms with van der Waals surface area (Å²) in [5.41, 5.74) is 3.81. The Balaban J connectivity index is 1.75. The second kappa shape index (κ2) is 5.67. The molecule has 0 spiro atoms. The van der Waals surface area contributed by atoms with Crippen molar-refractivity contribution < 1.29 is 0 Å². The van der Waals surface area contributed by atoms with Crippen molar-refractivity contribution in [2.24, 2.45) is 0 Å². The standard InChI is InChI=1S/C15H20N2/c1-13-12-14(2)17(16-13)11-7-6-10-15-8-4-3-5-9-15/h3-5,8-9,12H,6-7,10-11H2,1-2H3. The fourth-order valence-corrected chi connectivity index (χ4v) is 2.14. The van der Waals surface area contributed by atoms with Gasteiger partial charge in [0, 0.05) is 12.2 Å². The van der Waals surface area contributed by atoms with Gasteiger partial charge in [0.05, 0.1) is 5.69 Å². The van der Waals surface area contributed by atoms with Crippen LogP contribution in [0.5, 0.6) is 0 Å². The van der Waals surface area contributed by atoms with Crippen molar-refractivity contribution in [3.05, 3.63) is 53.3 Å². The highest BCUT2D eigenvalue weighted by molar-refractivity contribution is 5.14. The average molecular weight is 228 g/mol. The zero-order valence-electron chi connectivity index (χ0n) is 10.7. The smallest absolute Gasteiger partial charge is 0.0596 e. The molecular formula is C15H20N2. The molecule has 0 fully saturated rings. The molecule has 0 radical (unpaired) electrons. The molecule has 0 aliphatic carbocycles. The summed E-state index contributed by atoms with van der Waals surface area (Å²) in [7, 11) is 0. The minimum Gasteiger partial charge on any atom is -0.270 e. The second-order valence-corrected chi connectivity index (χ2v) is 4.59. The molecule has 0 aliphatic rings. The van der Waals surface area contributed by atoms with Crippen LogP contribution in [0.1, 0.15) is 29.8 Å². The highest BCUT2D eigenvalue weighted by Gasteiger charge is 2.00. The van der Waals surface area contributed by atoms with E-state index in [4.69, 9.17) is 0 Å². The van der Waals surface area contributed by atoms with Crippen molar-refractivity contribution in [2.75, 3.05) is 0 Å². The van der Waals surface area contributed by atoms with Crippen molar-refractivity contribution in [1.29, 1.82) is 0 Å². The third-order valence-corrected chi connectivity index (χ3v) is 3.03. The largest absolute Gasteiger partial charge is 0.270 e. The Kier molecular flexibility index (Phi) is 3.97. The van der Waals surface area contributed by atoms with E-state index in [2.05, 4.69) is 53.1 Å². The predicted molar refractivity (Wildman–Crippen MR) is 71.1 cm³/mol. The molecule has 2 rings (SSSR count). The van der Waals surface area contributed by atoms with Crippen molar-refractivity contribution in [1.82, 2.24) is 9.78 Å². The molecule has 90 valence electrons. The van der Waals surface area contributed by atoms with Gasteiger partial charge in [-0.1, -0.05) is 30.3 Å². The first-order valence-electron chi connectivity index (χ1n) is 6.31. The van der Waals surface area contributed by atoms with E-state index < -0.39 is 0 Å². The summed E-state index contributed by atoms with van der Waals surface area (Å²) < 4.78 is 2.11. The Morgan fingerprint density at radius 2 is 1.82 bits per heavy atom. The second-order valence-electron chi connectivity index (χ2n) is 4.59. The zero-order chi connectivity index (χ0) is 12.1. The summed E-state index contributed by atoms with van der Waals surface area (Å²) in [6.45, 7) is 5.21. The molecule has 0 saturated heterocycles. The van der Waals surface area contributed by atoms with E-state index in [1.165, 1.54) is 30.5 Å². The number of benzene rings is 1. The lowest BCUT2D eigenvalue weighted by atomic mass is 10.1. The van der Waals surface area contributed by atoms with Crippen molar-refractivity contribution >= 4 is 0 Å². The lowest BCUT2D eigenvalue weighted by molar-refractivity contribution is 0.543. The number of unbranched alkanes of at least 4 members (excludes halogenated alkanes) is 1. The molecule has 1 aromatic heterocycles. The summed E-state index contributed by atoms with van der Waals surface area (Å²) in [6.07, 6.45) is 3.58. The van der Waals surface area contributed by atoms with Crippen LogP contribution in [0, 0.1) is 13.8 Å². The van der Waals surface area contributed by atoms with Gasteiger partial charge in [-0.25, -0.2) is 0 Å². The highest BCUT2D eigenvalue weighted by atomic mass is 15.3. The van der Waals surface area contributed by atoms with E-state index in [1.807, 2.05) is 6.92 Å². The quantitative estimate of drug-likeness (QED) is 0.716. The molecular weight excluding hydrogens is 208 g/mol. The highest BCUT2D eigenvalue weighted by Crippen LogP contribution is 2.07. The maximum absolute atomic E-state index is 4.47. The summed E-state index contributed by atoms with van der Waals surface area (Å²) in [5, 5.41) is 4.47. The van der Waals surface area contributed by atoms with Crippen molar-refractivity contribution in [3.8, 4) is 0 Å². The molecule has 17 heavy (non-hydrogen) atoms. The topological polar surface area (TPSA) is 17.8 Å². The van der Waals surface area contributed by atoms with Crippen molar-refractivity contribution in [3.63, 3.8) is 0 Å². The van der Waals surface area contributed by atoms with Gasteiger partial charge in [-0.3, -0.25) is 4.68 Å². The van der Waals surface area contributed by atoms with Crippen LogP contribution in [-0.2, 0) is 13.0 Å². The molecule has 0 bridgehead atoms. The Bertz CT molecular complexity index is 457. The van der Waals surface area contributed by atoms with E-state index in [0.29, 0.717) is 0 Å². The molecule has 0 unspecified atom stereocenters. The maximum Gasteiger partial charge on any atom is 0.0596 e. The van der Waals surface area contributed by atoms with E-state index in [9.17, 15) is 0 Å². The van der Waals surface area contributed by atoms with Gasteiger partial charge in [0.2, 0.25) is 0 Å². The van der Waals surface area contributed by atoms with Gasteiger partial charge in [0.25, 0.3) is 0 Å². The van der Waals surface area contributed by atoms with Gasteiger partial charge < -0.3 is 0 Å². The van der Waals surface area contributed by atoms with Gasteiger partial charge in [-0.05, 0) is 44.7 Å². The van der Waals surface area contributed by atoms with Gasteiger partial charge >= 0.3 is 0 Å². The first kappa shape index (κ1) is 11.9. The molecule has 0 amide bonds. The summed E-state index contributed by atoms with van der Waals surface area (Å²) >= 11 is 0. The minimum absolute atomic E-state index is 1.03. The first-order valence-corrected chi connectivity index (χ1v) is 6.31. The van der Waals surface area contributed by atoms with Crippen LogP contribution in [-0.4, -0.2) is 9.78 Å². The molecule has 2 heteroatoms. The van der Waals surface area contributed by atoms with Crippen LogP contribution in [0.15, 0.2) is 36.4 Å². The van der Waals surface area contributed by atoms with Crippen LogP contribution < -0.4 is 0 Å². The van der Waals surface area contributed by atoms with Gasteiger partial charge in [-0.2, -0.15) is 5.10 Å². The number of aryl methyl sites for hydroxylation is 4. The minimum atomic E-state index is 1.03. The molecule has 1 heterocycles. The van der Waals surface area contributed by atoms with Gasteiger partial charge in [0.1, 0.15) is 0 Å². The van der Waals surface area contributed by atoms with E-state index in [1.54, 1.807) is 0 Å². The third-order valence-electron chi connectivity index (χ3n) is 3.03. The zero-order valence-corrected chi connectivity index (χ0v) is 10.7. The summed E-state index contributed by atoms with van der Waals surface area (Å²) in [4.78, 5) is 0. The van der Waals surface area contributed by atoms with Crippen molar-refractivity contribution in [2.45, 2.75) is 39.7 Å². The maximum atomic E-state index is 4.47. The number of aromatic nitrogens is 2. The monoisotopic (exact) mass is 228 g/mol. The molecule has 2 aromatic rings. The van der Waals surface area contributed by atoms with E-state index in [0.717, 1.165) is 12.2 Å². The normalized spacial score (nSPS) is 10.7. The van der Waals surface area contributed by atoms with Crippen LogP contribution in [0.3, 0.4) is 0 Å². The van der Waals surface area contributed by atoms with Gasteiger partial charge in [0.15, 0.2) is 0 Å². The third kappa shape index (κ3) is 3.45. The lowest BCUT2D eigenvalue weighted by Gasteiger charge is -2.04. The van der Waals surface area contributed by atoms with Crippen LogP contribution in [0.25, 0.3) is 0 Å². The Morgan fingerprint density at radius 1 is 1.06 bits per heavy atom. The molecule has 0 atom stereocenters. The van der Waals surface area contributed by atoms with E-state index in [-0.39, 0.29) is 0 Å². The number of hydrogen-bond acceptors (Lipinski definition) is 1. The number of hydrogen-bond donors (Lipinski definition) is 0. The van der Waals surface area contributed by atoms with Crippen LogP contribution in [0.4, 0.5) is 0 Å². The molecule has 2 nitrogen and oxygen atoms in total. The molecule has 0 N–H and O–H groups in total. The Morgan fingerprint density at radius 3 is 2.47 bits per heavy atom. The predicted octanol–water partition coefficient (Wildman–Crippen LogP) is 3.52. The SMILES string of the molecule is Cc1cc(C)n(CCCCc2ccccc2)n1.